The van der Waals surface area contributed by atoms with Crippen molar-refractivity contribution in [2.24, 2.45) is 11.7 Å². The van der Waals surface area contributed by atoms with Gasteiger partial charge in [0.25, 0.3) is 0 Å². The van der Waals surface area contributed by atoms with Crippen LogP contribution in [0.5, 0.6) is 0 Å². The standard InChI is InChI=1S/C16H24N2O2S/c1-11(2)16(13-8-6-5-7-12(13)3)18(4)15(20)10-21-9-14(17)19/h5-8,11,16H,9-10H2,1-4H3,(H2,17,19). The summed E-state index contributed by atoms with van der Waals surface area (Å²) in [6, 6.07) is 8.16. The Kier molecular flexibility index (Phi) is 6.75. The number of benzene rings is 1. The van der Waals surface area contributed by atoms with Gasteiger partial charge in [0.05, 0.1) is 17.5 Å². The minimum atomic E-state index is -0.394. The van der Waals surface area contributed by atoms with Crippen molar-refractivity contribution in [3.05, 3.63) is 35.4 Å². The lowest BCUT2D eigenvalue weighted by molar-refractivity contribution is -0.130. The van der Waals surface area contributed by atoms with Crippen LogP contribution in [0.1, 0.15) is 31.0 Å². The van der Waals surface area contributed by atoms with Gasteiger partial charge in [-0.1, -0.05) is 38.1 Å². The van der Waals surface area contributed by atoms with Crippen molar-refractivity contribution < 1.29 is 9.59 Å². The van der Waals surface area contributed by atoms with E-state index in [9.17, 15) is 9.59 Å². The molecular formula is C16H24N2O2S. The number of nitrogens with two attached hydrogens (primary N) is 1. The van der Waals surface area contributed by atoms with Crippen LogP contribution in [0.2, 0.25) is 0 Å². The summed E-state index contributed by atoms with van der Waals surface area (Å²) in [5, 5.41) is 0. The molecule has 116 valence electrons. The van der Waals surface area contributed by atoms with E-state index in [0.29, 0.717) is 5.92 Å². The van der Waals surface area contributed by atoms with Crippen LogP contribution >= 0.6 is 11.8 Å². The Morgan fingerprint density at radius 2 is 1.86 bits per heavy atom. The van der Waals surface area contributed by atoms with Gasteiger partial charge in [0.15, 0.2) is 0 Å². The number of primary amides is 1. The molecule has 1 atom stereocenters. The number of nitrogens with zero attached hydrogens (tertiary/aromatic N) is 1. The smallest absolute Gasteiger partial charge is 0.232 e. The van der Waals surface area contributed by atoms with Crippen LogP contribution in [-0.2, 0) is 9.59 Å². The van der Waals surface area contributed by atoms with E-state index in [1.807, 2.05) is 19.2 Å². The number of hydrogen-bond donors (Lipinski definition) is 1. The number of amides is 2. The lowest BCUT2D eigenvalue weighted by atomic mass is 9.91. The number of hydrogen-bond acceptors (Lipinski definition) is 3. The molecule has 0 bridgehead atoms. The van der Waals surface area contributed by atoms with Gasteiger partial charge in [0.1, 0.15) is 0 Å². The van der Waals surface area contributed by atoms with Gasteiger partial charge in [-0.3, -0.25) is 9.59 Å². The van der Waals surface area contributed by atoms with Gasteiger partial charge in [-0.05, 0) is 24.0 Å². The predicted molar refractivity (Wildman–Crippen MR) is 88.0 cm³/mol. The van der Waals surface area contributed by atoms with Crippen molar-refractivity contribution in [1.82, 2.24) is 4.90 Å². The number of carbonyl (C=O) groups excluding carboxylic acids is 2. The van der Waals surface area contributed by atoms with Crippen LogP contribution < -0.4 is 5.73 Å². The molecule has 0 fully saturated rings. The van der Waals surface area contributed by atoms with Crippen LogP contribution in [0, 0.1) is 12.8 Å². The normalized spacial score (nSPS) is 12.2. The Bertz CT molecular complexity index is 503. The molecular weight excluding hydrogens is 284 g/mol. The number of rotatable bonds is 7. The summed E-state index contributed by atoms with van der Waals surface area (Å²) in [6.07, 6.45) is 0. The van der Waals surface area contributed by atoms with Crippen molar-refractivity contribution >= 4 is 23.6 Å². The highest BCUT2D eigenvalue weighted by atomic mass is 32.2. The highest BCUT2D eigenvalue weighted by Gasteiger charge is 2.25. The molecule has 0 aromatic heterocycles. The molecule has 0 heterocycles. The first kappa shape index (κ1) is 17.6. The van der Waals surface area contributed by atoms with Gasteiger partial charge in [-0.2, -0.15) is 0 Å². The van der Waals surface area contributed by atoms with Crippen molar-refractivity contribution in [2.75, 3.05) is 18.6 Å². The zero-order valence-corrected chi connectivity index (χ0v) is 13.9. The molecule has 5 heteroatoms. The molecule has 0 spiro atoms. The van der Waals surface area contributed by atoms with Crippen LogP contribution in [0.15, 0.2) is 24.3 Å². The molecule has 1 rings (SSSR count). The topological polar surface area (TPSA) is 63.4 Å². The molecule has 1 aromatic rings. The minimum absolute atomic E-state index is 0.0169. The van der Waals surface area contributed by atoms with Crippen molar-refractivity contribution in [3.63, 3.8) is 0 Å². The Labute approximate surface area is 131 Å². The third kappa shape index (κ3) is 5.08. The SMILES string of the molecule is Cc1ccccc1C(C(C)C)N(C)C(=O)CSCC(N)=O. The second-order valence-corrected chi connectivity index (χ2v) is 6.49. The Morgan fingerprint density at radius 1 is 1.24 bits per heavy atom. The largest absolute Gasteiger partial charge is 0.369 e. The molecule has 2 N–H and O–H groups in total. The lowest BCUT2D eigenvalue weighted by Crippen LogP contribution is -2.36. The van der Waals surface area contributed by atoms with Gasteiger partial charge in [-0.25, -0.2) is 0 Å². The first-order valence-corrected chi connectivity index (χ1v) is 8.17. The second kappa shape index (κ2) is 8.08. The van der Waals surface area contributed by atoms with E-state index in [1.54, 1.807) is 4.90 Å². The average Bonchev–Trinajstić information content (AvgIpc) is 2.40. The molecule has 0 aliphatic heterocycles. The fraction of sp³-hybridized carbons (Fsp3) is 0.500. The number of carbonyl (C=O) groups is 2. The quantitative estimate of drug-likeness (QED) is 0.841. The first-order valence-electron chi connectivity index (χ1n) is 7.01. The minimum Gasteiger partial charge on any atom is -0.369 e. The molecule has 4 nitrogen and oxygen atoms in total. The third-order valence-electron chi connectivity index (χ3n) is 3.42. The lowest BCUT2D eigenvalue weighted by Gasteiger charge is -2.32. The van der Waals surface area contributed by atoms with Crippen molar-refractivity contribution in [1.29, 1.82) is 0 Å². The van der Waals surface area contributed by atoms with Crippen LogP contribution in [0.4, 0.5) is 0 Å². The van der Waals surface area contributed by atoms with Crippen molar-refractivity contribution in [3.8, 4) is 0 Å². The third-order valence-corrected chi connectivity index (χ3v) is 4.36. The van der Waals surface area contributed by atoms with Crippen LogP contribution in [0.25, 0.3) is 0 Å². The van der Waals surface area contributed by atoms with E-state index < -0.39 is 5.91 Å². The molecule has 0 aliphatic rings. The maximum Gasteiger partial charge on any atom is 0.232 e. The van der Waals surface area contributed by atoms with Gasteiger partial charge in [0, 0.05) is 7.05 Å². The fourth-order valence-electron chi connectivity index (χ4n) is 2.43. The zero-order valence-electron chi connectivity index (χ0n) is 13.1. The summed E-state index contributed by atoms with van der Waals surface area (Å²) in [6.45, 7) is 6.28. The Morgan fingerprint density at radius 3 is 2.38 bits per heavy atom. The Balaban J connectivity index is 2.83. The molecule has 2 amide bonds. The summed E-state index contributed by atoms with van der Waals surface area (Å²) in [4.78, 5) is 24.8. The molecule has 1 aromatic carbocycles. The summed E-state index contributed by atoms with van der Waals surface area (Å²) in [5.41, 5.74) is 7.44. The molecule has 21 heavy (non-hydrogen) atoms. The van der Waals surface area contributed by atoms with E-state index in [4.69, 9.17) is 5.73 Å². The monoisotopic (exact) mass is 308 g/mol. The second-order valence-electron chi connectivity index (χ2n) is 5.51. The van der Waals surface area contributed by atoms with Crippen LogP contribution in [-0.4, -0.2) is 35.3 Å². The molecule has 0 saturated heterocycles. The maximum atomic E-state index is 12.3. The number of aryl methyl sites for hydroxylation is 1. The highest BCUT2D eigenvalue weighted by Crippen LogP contribution is 2.30. The van der Waals surface area contributed by atoms with E-state index in [0.717, 1.165) is 0 Å². The van der Waals surface area contributed by atoms with E-state index >= 15 is 0 Å². The molecule has 1 unspecified atom stereocenters. The molecule has 0 aliphatic carbocycles. The number of thioether (sulfide) groups is 1. The first-order chi connectivity index (χ1) is 9.84. The summed E-state index contributed by atoms with van der Waals surface area (Å²) >= 11 is 1.26. The average molecular weight is 308 g/mol. The van der Waals surface area contributed by atoms with E-state index in [2.05, 4.69) is 32.9 Å². The van der Waals surface area contributed by atoms with E-state index in [-0.39, 0.29) is 23.5 Å². The zero-order chi connectivity index (χ0) is 16.0. The molecule has 0 radical (unpaired) electrons. The fourth-order valence-corrected chi connectivity index (χ4v) is 3.11. The Hall–Kier alpha value is -1.49. The van der Waals surface area contributed by atoms with Crippen molar-refractivity contribution in [2.45, 2.75) is 26.8 Å². The van der Waals surface area contributed by atoms with Gasteiger partial charge in [0.2, 0.25) is 11.8 Å². The summed E-state index contributed by atoms with van der Waals surface area (Å²) in [5.74, 6) is 0.379. The maximum absolute atomic E-state index is 12.3. The predicted octanol–water partition coefficient (Wildman–Crippen LogP) is 2.37. The molecule has 0 saturated carbocycles. The van der Waals surface area contributed by atoms with Gasteiger partial charge >= 0.3 is 0 Å². The van der Waals surface area contributed by atoms with E-state index in [1.165, 1.54) is 22.9 Å². The summed E-state index contributed by atoms with van der Waals surface area (Å²) < 4.78 is 0. The van der Waals surface area contributed by atoms with Gasteiger partial charge < -0.3 is 10.6 Å². The highest BCUT2D eigenvalue weighted by molar-refractivity contribution is 8.00. The van der Waals surface area contributed by atoms with Gasteiger partial charge in [-0.15, -0.1) is 11.8 Å². The summed E-state index contributed by atoms with van der Waals surface area (Å²) in [7, 11) is 1.82. The van der Waals surface area contributed by atoms with Crippen LogP contribution in [0.3, 0.4) is 0 Å².